The third-order valence-electron chi connectivity index (χ3n) is 5.05. The molecule has 11 heteroatoms. The van der Waals surface area contributed by atoms with E-state index in [9.17, 15) is 13.2 Å². The van der Waals surface area contributed by atoms with E-state index in [0.717, 1.165) is 16.8 Å². The molecule has 0 radical (unpaired) electrons. The van der Waals surface area contributed by atoms with Crippen molar-refractivity contribution in [1.29, 1.82) is 0 Å². The summed E-state index contributed by atoms with van der Waals surface area (Å²) in [4.78, 5) is 13.0. The standard InChI is InChI=1S/C26H19F3N4O3S/c27-26(28,29)37-23-8-1-18(2-9-23)3-10-24-31-21(16-35-24)15-34-22-6-4-19(5-7-22)25-32-20(14-36-25)13-33-12-11-30-17-33/h1-12,14,16-17H,13,15H2. The van der Waals surface area contributed by atoms with E-state index in [2.05, 4.69) is 15.0 Å². The van der Waals surface area contributed by atoms with Crippen LogP contribution < -0.4 is 4.74 Å². The van der Waals surface area contributed by atoms with E-state index in [1.165, 1.54) is 18.4 Å². The van der Waals surface area contributed by atoms with Gasteiger partial charge < -0.3 is 18.1 Å². The lowest BCUT2D eigenvalue weighted by Gasteiger charge is -2.05. The van der Waals surface area contributed by atoms with E-state index >= 15 is 0 Å². The summed E-state index contributed by atoms with van der Waals surface area (Å²) < 4.78 is 56.0. The summed E-state index contributed by atoms with van der Waals surface area (Å²) in [6.45, 7) is 0.779. The van der Waals surface area contributed by atoms with E-state index < -0.39 is 5.51 Å². The van der Waals surface area contributed by atoms with Gasteiger partial charge in [0.05, 0.1) is 18.6 Å². The minimum absolute atomic E-state index is 0.129. The number of alkyl halides is 3. The fraction of sp³-hybridized carbons (Fsp3) is 0.115. The molecule has 37 heavy (non-hydrogen) atoms. The Kier molecular flexibility index (Phi) is 7.13. The van der Waals surface area contributed by atoms with Gasteiger partial charge >= 0.3 is 5.51 Å². The Morgan fingerprint density at radius 3 is 2.43 bits per heavy atom. The molecule has 0 spiro atoms. The first-order valence-corrected chi connectivity index (χ1v) is 11.8. The maximum Gasteiger partial charge on any atom is 0.446 e. The SMILES string of the molecule is FC(F)(F)Sc1ccc(C=Cc2nc(COc3ccc(-c4nc(Cn5ccnc5)co4)cc3)co2)cc1. The molecule has 7 nitrogen and oxygen atoms in total. The first-order chi connectivity index (χ1) is 17.9. The Balaban J connectivity index is 1.13. The summed E-state index contributed by atoms with van der Waals surface area (Å²) in [7, 11) is 0. The van der Waals surface area contributed by atoms with Gasteiger partial charge in [-0.15, -0.1) is 0 Å². The Morgan fingerprint density at radius 1 is 0.919 bits per heavy atom. The maximum absolute atomic E-state index is 12.4. The van der Waals surface area contributed by atoms with Gasteiger partial charge in [-0.3, -0.25) is 0 Å². The predicted octanol–water partition coefficient (Wildman–Crippen LogP) is 6.94. The zero-order chi connectivity index (χ0) is 25.7. The minimum atomic E-state index is -4.31. The fourth-order valence-electron chi connectivity index (χ4n) is 3.34. The minimum Gasteiger partial charge on any atom is -0.487 e. The van der Waals surface area contributed by atoms with Gasteiger partial charge in [0.15, 0.2) is 0 Å². The van der Waals surface area contributed by atoms with Crippen LogP contribution in [-0.4, -0.2) is 25.0 Å². The summed E-state index contributed by atoms with van der Waals surface area (Å²) in [5.74, 6) is 1.52. The molecule has 2 aromatic carbocycles. The molecule has 0 N–H and O–H groups in total. The van der Waals surface area contributed by atoms with Gasteiger partial charge in [0.25, 0.3) is 0 Å². The quantitative estimate of drug-likeness (QED) is 0.193. The topological polar surface area (TPSA) is 79.1 Å². The highest BCUT2D eigenvalue weighted by atomic mass is 32.2. The van der Waals surface area contributed by atoms with Crippen LogP contribution in [0.4, 0.5) is 13.2 Å². The first kappa shape index (κ1) is 24.4. The molecule has 0 bridgehead atoms. The predicted molar refractivity (Wildman–Crippen MR) is 131 cm³/mol. The highest BCUT2D eigenvalue weighted by Gasteiger charge is 2.28. The number of hydrogen-bond donors (Lipinski definition) is 0. The van der Waals surface area contributed by atoms with Gasteiger partial charge in [-0.25, -0.2) is 15.0 Å². The van der Waals surface area contributed by atoms with Crippen LogP contribution >= 0.6 is 11.8 Å². The van der Waals surface area contributed by atoms with Crippen LogP contribution in [0, 0.1) is 0 Å². The Morgan fingerprint density at radius 2 is 1.70 bits per heavy atom. The normalized spacial score (nSPS) is 11.9. The number of ether oxygens (including phenoxy) is 1. The molecule has 0 saturated heterocycles. The second-order valence-corrected chi connectivity index (χ2v) is 8.96. The summed E-state index contributed by atoms with van der Waals surface area (Å²) in [6, 6.07) is 13.4. The third-order valence-corrected chi connectivity index (χ3v) is 5.78. The van der Waals surface area contributed by atoms with Crippen molar-refractivity contribution in [1.82, 2.24) is 19.5 Å². The molecule has 0 unspecified atom stereocenters. The van der Waals surface area contributed by atoms with Gasteiger partial charge in [-0.1, -0.05) is 12.1 Å². The highest BCUT2D eigenvalue weighted by Crippen LogP contribution is 2.36. The first-order valence-electron chi connectivity index (χ1n) is 11.0. The zero-order valence-corrected chi connectivity index (χ0v) is 19.9. The van der Waals surface area contributed by atoms with Crippen LogP contribution in [0.25, 0.3) is 23.6 Å². The molecule has 0 aliphatic carbocycles. The third kappa shape index (κ3) is 6.91. The largest absolute Gasteiger partial charge is 0.487 e. The molecule has 188 valence electrons. The molecule has 0 aliphatic heterocycles. The van der Waals surface area contributed by atoms with Gasteiger partial charge in [0.1, 0.15) is 30.6 Å². The summed E-state index contributed by atoms with van der Waals surface area (Å²) in [5, 5.41) is 0. The number of hydrogen-bond acceptors (Lipinski definition) is 7. The van der Waals surface area contributed by atoms with Crippen LogP contribution in [0.1, 0.15) is 22.8 Å². The molecule has 5 rings (SSSR count). The van der Waals surface area contributed by atoms with Crippen molar-refractivity contribution < 1.29 is 26.7 Å². The molecule has 3 aromatic heterocycles. The summed E-state index contributed by atoms with van der Waals surface area (Å²) in [5.41, 5.74) is -1.37. The zero-order valence-electron chi connectivity index (χ0n) is 19.1. The van der Waals surface area contributed by atoms with Gasteiger partial charge in [-0.05, 0) is 59.8 Å². The van der Waals surface area contributed by atoms with Crippen LogP contribution in [-0.2, 0) is 13.2 Å². The number of aromatic nitrogens is 4. The number of halogens is 3. The number of nitrogens with zero attached hydrogens (tertiary/aromatic N) is 4. The van der Waals surface area contributed by atoms with Crippen LogP contribution in [0.5, 0.6) is 5.75 Å². The van der Waals surface area contributed by atoms with Gasteiger partial charge in [-0.2, -0.15) is 13.2 Å². The molecule has 5 aromatic rings. The van der Waals surface area contributed by atoms with Crippen molar-refractivity contribution in [2.24, 2.45) is 0 Å². The average Bonchev–Trinajstić information content (AvgIpc) is 3.65. The van der Waals surface area contributed by atoms with Crippen molar-refractivity contribution >= 4 is 23.9 Å². The number of rotatable bonds is 9. The van der Waals surface area contributed by atoms with Crippen molar-refractivity contribution in [3.8, 4) is 17.2 Å². The Bertz CT molecular complexity index is 1460. The molecule has 0 saturated carbocycles. The van der Waals surface area contributed by atoms with E-state index in [1.54, 1.807) is 43.1 Å². The van der Waals surface area contributed by atoms with E-state index in [1.807, 2.05) is 35.0 Å². The smallest absolute Gasteiger partial charge is 0.446 e. The molecule has 0 amide bonds. The number of benzene rings is 2. The van der Waals surface area contributed by atoms with E-state index in [4.69, 9.17) is 13.6 Å². The summed E-state index contributed by atoms with van der Waals surface area (Å²) >= 11 is -0.148. The fourth-order valence-corrected chi connectivity index (χ4v) is 3.88. The number of thioether (sulfide) groups is 1. The van der Waals surface area contributed by atoms with Crippen molar-refractivity contribution in [2.45, 2.75) is 23.6 Å². The molecule has 0 atom stereocenters. The second-order valence-electron chi connectivity index (χ2n) is 7.82. The Hall–Kier alpha value is -4.25. The lowest BCUT2D eigenvalue weighted by atomic mass is 10.2. The van der Waals surface area contributed by atoms with E-state index in [0.29, 0.717) is 29.8 Å². The molecular formula is C26H19F3N4O3S. The lowest BCUT2D eigenvalue weighted by molar-refractivity contribution is -0.0328. The highest BCUT2D eigenvalue weighted by molar-refractivity contribution is 8.00. The maximum atomic E-state index is 12.4. The van der Waals surface area contributed by atoms with Crippen LogP contribution in [0.15, 0.2) is 93.5 Å². The van der Waals surface area contributed by atoms with E-state index in [-0.39, 0.29) is 23.3 Å². The van der Waals surface area contributed by atoms with Crippen molar-refractivity contribution in [2.75, 3.05) is 0 Å². The van der Waals surface area contributed by atoms with Crippen molar-refractivity contribution in [3.05, 3.63) is 103 Å². The number of oxazole rings is 2. The molecular weight excluding hydrogens is 505 g/mol. The van der Waals surface area contributed by atoms with Crippen LogP contribution in [0.2, 0.25) is 0 Å². The molecule has 0 aliphatic rings. The summed E-state index contributed by atoms with van der Waals surface area (Å²) in [6.07, 6.45) is 11.8. The average molecular weight is 525 g/mol. The number of imidazole rings is 1. The Labute approximate surface area is 213 Å². The monoisotopic (exact) mass is 524 g/mol. The van der Waals surface area contributed by atoms with Gasteiger partial charge in [0, 0.05) is 28.9 Å². The van der Waals surface area contributed by atoms with Gasteiger partial charge in [0.2, 0.25) is 11.8 Å². The van der Waals surface area contributed by atoms with Crippen molar-refractivity contribution in [3.63, 3.8) is 0 Å². The molecule has 0 fully saturated rings. The molecule has 3 heterocycles. The second kappa shape index (κ2) is 10.8. The lowest BCUT2D eigenvalue weighted by Crippen LogP contribution is -1.98. The van der Waals surface area contributed by atoms with Crippen LogP contribution in [0.3, 0.4) is 0 Å².